The summed E-state index contributed by atoms with van der Waals surface area (Å²) in [5, 5.41) is 3.25. The predicted octanol–water partition coefficient (Wildman–Crippen LogP) is 4.12. The lowest BCUT2D eigenvalue weighted by Gasteiger charge is -2.22. The van der Waals surface area contributed by atoms with E-state index in [0.717, 1.165) is 10.2 Å². The van der Waals surface area contributed by atoms with Crippen LogP contribution in [0.15, 0.2) is 65.2 Å². The summed E-state index contributed by atoms with van der Waals surface area (Å²) < 4.78 is 10.5. The van der Waals surface area contributed by atoms with Gasteiger partial charge in [-0.25, -0.2) is 9.59 Å². The topological polar surface area (TPSA) is 64.6 Å². The van der Waals surface area contributed by atoms with Crippen LogP contribution in [0.25, 0.3) is 0 Å². The standard InChI is InChI=1S/C19H18BrNO4/c1-12(18(22)24-2)17(21-16-9-7-15(20)8-10-16)13-5-4-6-14(11-13)19(23)25-3/h4-11,17,21H,1H2,2-3H3. The fraction of sp³-hybridized carbons (Fsp3) is 0.158. The first-order valence-corrected chi connectivity index (χ1v) is 8.23. The summed E-state index contributed by atoms with van der Waals surface area (Å²) in [4.78, 5) is 23.8. The molecule has 6 heteroatoms. The molecule has 1 unspecified atom stereocenters. The number of methoxy groups -OCH3 is 2. The molecule has 0 radical (unpaired) electrons. The molecule has 1 N–H and O–H groups in total. The van der Waals surface area contributed by atoms with Crippen LogP contribution in [0.1, 0.15) is 22.0 Å². The Labute approximate surface area is 154 Å². The summed E-state index contributed by atoms with van der Waals surface area (Å²) in [6.45, 7) is 3.85. The second-order valence-electron chi connectivity index (χ2n) is 5.22. The molecule has 25 heavy (non-hydrogen) atoms. The van der Waals surface area contributed by atoms with E-state index >= 15 is 0 Å². The van der Waals surface area contributed by atoms with Crippen LogP contribution >= 0.6 is 15.9 Å². The molecule has 0 aliphatic rings. The van der Waals surface area contributed by atoms with Crippen molar-refractivity contribution in [2.24, 2.45) is 0 Å². The van der Waals surface area contributed by atoms with Gasteiger partial charge in [-0.05, 0) is 42.0 Å². The number of carbonyl (C=O) groups excluding carboxylic acids is 2. The van der Waals surface area contributed by atoms with Crippen molar-refractivity contribution < 1.29 is 19.1 Å². The average Bonchev–Trinajstić information content (AvgIpc) is 2.65. The van der Waals surface area contributed by atoms with E-state index in [1.807, 2.05) is 24.3 Å². The monoisotopic (exact) mass is 403 g/mol. The third-order valence-corrected chi connectivity index (χ3v) is 4.12. The first kappa shape index (κ1) is 18.7. The van der Waals surface area contributed by atoms with Gasteiger partial charge < -0.3 is 14.8 Å². The van der Waals surface area contributed by atoms with Crippen LogP contribution < -0.4 is 5.32 Å². The van der Waals surface area contributed by atoms with Crippen LogP contribution in [0, 0.1) is 0 Å². The van der Waals surface area contributed by atoms with Crippen molar-refractivity contribution in [3.8, 4) is 0 Å². The molecular weight excluding hydrogens is 386 g/mol. The van der Waals surface area contributed by atoms with Gasteiger partial charge in [-0.3, -0.25) is 0 Å². The number of halogens is 1. The van der Waals surface area contributed by atoms with Gasteiger partial charge in [0, 0.05) is 10.2 Å². The highest BCUT2D eigenvalue weighted by molar-refractivity contribution is 9.10. The van der Waals surface area contributed by atoms with E-state index in [2.05, 4.69) is 27.8 Å². The van der Waals surface area contributed by atoms with Crippen LogP contribution in [0.3, 0.4) is 0 Å². The Morgan fingerprint density at radius 1 is 1.08 bits per heavy atom. The minimum atomic E-state index is -0.557. The quantitative estimate of drug-likeness (QED) is 0.580. The number of benzene rings is 2. The van der Waals surface area contributed by atoms with E-state index in [0.29, 0.717) is 11.1 Å². The van der Waals surface area contributed by atoms with Gasteiger partial charge in [0.25, 0.3) is 0 Å². The molecule has 0 heterocycles. The molecule has 130 valence electrons. The Hall–Kier alpha value is -2.60. The number of carbonyl (C=O) groups is 2. The normalized spacial score (nSPS) is 11.3. The van der Waals surface area contributed by atoms with E-state index in [9.17, 15) is 9.59 Å². The van der Waals surface area contributed by atoms with Gasteiger partial charge in [-0.2, -0.15) is 0 Å². The third kappa shape index (κ3) is 4.70. The van der Waals surface area contributed by atoms with Crippen molar-refractivity contribution >= 4 is 33.6 Å². The van der Waals surface area contributed by atoms with E-state index in [1.165, 1.54) is 14.2 Å². The Bertz CT molecular complexity index is 786. The largest absolute Gasteiger partial charge is 0.466 e. The summed E-state index contributed by atoms with van der Waals surface area (Å²) in [5.41, 5.74) is 2.11. The van der Waals surface area contributed by atoms with Gasteiger partial charge in [0.1, 0.15) is 0 Å². The molecule has 1 atom stereocenters. The minimum Gasteiger partial charge on any atom is -0.466 e. The second kappa shape index (κ2) is 8.48. The van der Waals surface area contributed by atoms with Gasteiger partial charge in [0.2, 0.25) is 0 Å². The number of ether oxygens (including phenoxy) is 2. The van der Waals surface area contributed by atoms with Gasteiger partial charge >= 0.3 is 11.9 Å². The molecule has 0 fully saturated rings. The molecule has 0 spiro atoms. The Balaban J connectivity index is 2.40. The van der Waals surface area contributed by atoms with Crippen molar-refractivity contribution in [3.63, 3.8) is 0 Å². The third-order valence-electron chi connectivity index (χ3n) is 3.59. The molecule has 0 bridgehead atoms. The van der Waals surface area contributed by atoms with Crippen LogP contribution in [-0.2, 0) is 14.3 Å². The van der Waals surface area contributed by atoms with Crippen LogP contribution in [-0.4, -0.2) is 26.2 Å². The molecular formula is C19H18BrNO4. The van der Waals surface area contributed by atoms with Crippen LogP contribution in [0.2, 0.25) is 0 Å². The lowest BCUT2D eigenvalue weighted by atomic mass is 9.97. The molecule has 2 aromatic carbocycles. The zero-order valence-electron chi connectivity index (χ0n) is 13.9. The van der Waals surface area contributed by atoms with Gasteiger partial charge in [0.15, 0.2) is 0 Å². The summed E-state index contributed by atoms with van der Waals surface area (Å²) in [5.74, 6) is -0.981. The fourth-order valence-corrected chi connectivity index (χ4v) is 2.56. The molecule has 0 saturated carbocycles. The molecule has 2 aromatic rings. The highest BCUT2D eigenvalue weighted by atomic mass is 79.9. The van der Waals surface area contributed by atoms with E-state index in [1.54, 1.807) is 24.3 Å². The number of nitrogens with one attached hydrogen (secondary N) is 1. The SMILES string of the molecule is C=C(C(=O)OC)C(Nc1ccc(Br)cc1)c1cccc(C(=O)OC)c1. The smallest absolute Gasteiger partial charge is 0.337 e. The first-order valence-electron chi connectivity index (χ1n) is 7.43. The molecule has 0 aliphatic carbocycles. The van der Waals surface area contributed by atoms with E-state index in [4.69, 9.17) is 9.47 Å². The minimum absolute atomic E-state index is 0.229. The average molecular weight is 404 g/mol. The van der Waals surface area contributed by atoms with Crippen molar-refractivity contribution in [3.05, 3.63) is 76.3 Å². The highest BCUT2D eigenvalue weighted by Gasteiger charge is 2.22. The van der Waals surface area contributed by atoms with E-state index in [-0.39, 0.29) is 5.57 Å². The summed E-state index contributed by atoms with van der Waals surface area (Å²) in [7, 11) is 2.62. The molecule has 0 saturated heterocycles. The Morgan fingerprint density at radius 2 is 1.76 bits per heavy atom. The number of anilines is 1. The Morgan fingerprint density at radius 3 is 2.36 bits per heavy atom. The van der Waals surface area contributed by atoms with Crippen molar-refractivity contribution in [1.29, 1.82) is 0 Å². The van der Waals surface area contributed by atoms with Crippen molar-refractivity contribution in [2.45, 2.75) is 6.04 Å². The summed E-state index contributed by atoms with van der Waals surface area (Å²) in [6, 6.07) is 13.8. The predicted molar refractivity (Wildman–Crippen MR) is 99.4 cm³/mol. The maximum atomic E-state index is 12.0. The Kier molecular flexibility index (Phi) is 6.36. The van der Waals surface area contributed by atoms with E-state index < -0.39 is 18.0 Å². The lowest BCUT2D eigenvalue weighted by molar-refractivity contribution is -0.136. The zero-order chi connectivity index (χ0) is 18.4. The zero-order valence-corrected chi connectivity index (χ0v) is 15.5. The maximum absolute atomic E-state index is 12.0. The molecule has 0 aromatic heterocycles. The van der Waals surface area contributed by atoms with Gasteiger partial charge in [-0.1, -0.05) is 34.6 Å². The fourth-order valence-electron chi connectivity index (χ4n) is 2.30. The number of hydrogen-bond donors (Lipinski definition) is 1. The van der Waals surface area contributed by atoms with Crippen molar-refractivity contribution in [1.82, 2.24) is 0 Å². The second-order valence-corrected chi connectivity index (χ2v) is 6.13. The molecule has 0 amide bonds. The summed E-state index contributed by atoms with van der Waals surface area (Å²) >= 11 is 3.38. The molecule has 5 nitrogen and oxygen atoms in total. The van der Waals surface area contributed by atoms with Gasteiger partial charge in [0.05, 0.1) is 31.4 Å². The number of esters is 2. The highest BCUT2D eigenvalue weighted by Crippen LogP contribution is 2.28. The first-order chi connectivity index (χ1) is 12.0. The molecule has 2 rings (SSSR count). The van der Waals surface area contributed by atoms with Crippen LogP contribution in [0.4, 0.5) is 5.69 Å². The van der Waals surface area contributed by atoms with Crippen LogP contribution in [0.5, 0.6) is 0 Å². The number of hydrogen-bond acceptors (Lipinski definition) is 5. The number of rotatable bonds is 6. The lowest BCUT2D eigenvalue weighted by Crippen LogP contribution is -2.20. The maximum Gasteiger partial charge on any atom is 0.337 e. The van der Waals surface area contributed by atoms with Crippen molar-refractivity contribution in [2.75, 3.05) is 19.5 Å². The van der Waals surface area contributed by atoms with Gasteiger partial charge in [-0.15, -0.1) is 0 Å². The summed E-state index contributed by atoms with van der Waals surface area (Å²) in [6.07, 6.45) is 0. The molecule has 0 aliphatic heterocycles.